The Labute approximate surface area is 140 Å². The van der Waals surface area contributed by atoms with E-state index in [0.717, 1.165) is 52.2 Å². The van der Waals surface area contributed by atoms with E-state index in [4.69, 9.17) is 4.74 Å². The number of amides is 1. The van der Waals surface area contributed by atoms with E-state index in [1.807, 2.05) is 0 Å². The van der Waals surface area contributed by atoms with E-state index in [1.54, 1.807) is 0 Å². The minimum atomic E-state index is 0. The van der Waals surface area contributed by atoms with Crippen molar-refractivity contribution in [3.05, 3.63) is 0 Å². The van der Waals surface area contributed by atoms with Crippen LogP contribution in [0.5, 0.6) is 0 Å². The van der Waals surface area contributed by atoms with Crippen LogP contribution in [0.15, 0.2) is 0 Å². The molecule has 0 aliphatic carbocycles. The van der Waals surface area contributed by atoms with Crippen molar-refractivity contribution in [2.45, 2.75) is 45.7 Å². The Bertz CT molecular complexity index is 335. The number of ether oxygens (including phenoxy) is 1. The number of nitrogens with one attached hydrogen (secondary N) is 2. The summed E-state index contributed by atoms with van der Waals surface area (Å²) in [7, 11) is 0. The van der Waals surface area contributed by atoms with Crippen LogP contribution in [0.4, 0.5) is 0 Å². The molecule has 2 aliphatic heterocycles. The van der Waals surface area contributed by atoms with Crippen LogP contribution in [0.3, 0.4) is 0 Å². The highest BCUT2D eigenvalue weighted by molar-refractivity contribution is 5.85. The molecule has 2 aliphatic rings. The van der Waals surface area contributed by atoms with Gasteiger partial charge in [-0.15, -0.1) is 12.4 Å². The normalized spacial score (nSPS) is 28.0. The molecule has 6 heteroatoms. The highest BCUT2D eigenvalue weighted by Gasteiger charge is 2.27. The first-order chi connectivity index (χ1) is 10.1. The fourth-order valence-corrected chi connectivity index (χ4v) is 3.42. The Morgan fingerprint density at radius 2 is 2.05 bits per heavy atom. The second-order valence-corrected chi connectivity index (χ2v) is 6.78. The number of halogens is 1. The smallest absolute Gasteiger partial charge is 0.223 e. The highest BCUT2D eigenvalue weighted by Crippen LogP contribution is 2.17. The molecular formula is C16H32ClN3O2. The standard InChI is InChI=1S/C16H31N3O2.ClH/c1-12(2)15(19-6-8-21-9-7-19)11-18-16(20)14-4-5-17-13(3)10-14;/h12-15,17H,4-11H2,1-3H3,(H,18,20);1H/t13-,14-,15?;/m0./s1. The van der Waals surface area contributed by atoms with E-state index in [-0.39, 0.29) is 24.2 Å². The van der Waals surface area contributed by atoms with Crippen molar-refractivity contribution in [1.29, 1.82) is 0 Å². The molecule has 0 bridgehead atoms. The van der Waals surface area contributed by atoms with Gasteiger partial charge in [-0.2, -0.15) is 0 Å². The summed E-state index contributed by atoms with van der Waals surface area (Å²) in [5.74, 6) is 0.955. The minimum absolute atomic E-state index is 0. The number of rotatable bonds is 5. The third-order valence-corrected chi connectivity index (χ3v) is 4.76. The van der Waals surface area contributed by atoms with Gasteiger partial charge in [0.25, 0.3) is 0 Å². The average molecular weight is 334 g/mol. The van der Waals surface area contributed by atoms with Crippen molar-refractivity contribution in [1.82, 2.24) is 15.5 Å². The van der Waals surface area contributed by atoms with Crippen molar-refractivity contribution in [3.63, 3.8) is 0 Å². The number of carbonyl (C=O) groups excluding carboxylic acids is 1. The van der Waals surface area contributed by atoms with E-state index < -0.39 is 0 Å². The minimum Gasteiger partial charge on any atom is -0.379 e. The van der Waals surface area contributed by atoms with E-state index in [1.165, 1.54) is 0 Å². The molecule has 2 rings (SSSR count). The number of piperidine rings is 1. The molecule has 2 fully saturated rings. The topological polar surface area (TPSA) is 53.6 Å². The van der Waals surface area contributed by atoms with Gasteiger partial charge in [-0.1, -0.05) is 13.8 Å². The van der Waals surface area contributed by atoms with Gasteiger partial charge in [0.1, 0.15) is 0 Å². The summed E-state index contributed by atoms with van der Waals surface area (Å²) in [4.78, 5) is 14.8. The van der Waals surface area contributed by atoms with Crippen molar-refractivity contribution < 1.29 is 9.53 Å². The number of morpholine rings is 1. The predicted octanol–water partition coefficient (Wildman–Crippen LogP) is 1.27. The summed E-state index contributed by atoms with van der Waals surface area (Å²) < 4.78 is 5.43. The van der Waals surface area contributed by atoms with Gasteiger partial charge >= 0.3 is 0 Å². The number of nitrogens with zero attached hydrogens (tertiary/aromatic N) is 1. The van der Waals surface area contributed by atoms with Crippen LogP contribution >= 0.6 is 12.4 Å². The average Bonchev–Trinajstić information content (AvgIpc) is 2.48. The van der Waals surface area contributed by atoms with E-state index in [2.05, 4.69) is 36.3 Å². The second-order valence-electron chi connectivity index (χ2n) is 6.78. The lowest BCUT2D eigenvalue weighted by atomic mass is 9.92. The maximum Gasteiger partial charge on any atom is 0.223 e. The molecule has 2 saturated heterocycles. The molecule has 1 amide bonds. The largest absolute Gasteiger partial charge is 0.379 e. The zero-order chi connectivity index (χ0) is 15.2. The Kier molecular flexibility index (Phi) is 8.69. The fraction of sp³-hybridized carbons (Fsp3) is 0.938. The quantitative estimate of drug-likeness (QED) is 0.795. The van der Waals surface area contributed by atoms with Gasteiger partial charge in [0.15, 0.2) is 0 Å². The fourth-order valence-electron chi connectivity index (χ4n) is 3.42. The van der Waals surface area contributed by atoms with Gasteiger partial charge in [0.2, 0.25) is 5.91 Å². The summed E-state index contributed by atoms with van der Waals surface area (Å²) >= 11 is 0. The maximum absolute atomic E-state index is 12.4. The Balaban J connectivity index is 0.00000242. The number of hydrogen-bond acceptors (Lipinski definition) is 4. The van der Waals surface area contributed by atoms with Crippen molar-refractivity contribution >= 4 is 18.3 Å². The third-order valence-electron chi connectivity index (χ3n) is 4.76. The molecule has 0 aromatic heterocycles. The van der Waals surface area contributed by atoms with Gasteiger partial charge in [-0.05, 0) is 32.2 Å². The summed E-state index contributed by atoms with van der Waals surface area (Å²) in [6, 6.07) is 0.867. The van der Waals surface area contributed by atoms with Gasteiger partial charge in [0, 0.05) is 37.6 Å². The number of carbonyl (C=O) groups is 1. The van der Waals surface area contributed by atoms with E-state index >= 15 is 0 Å². The molecule has 22 heavy (non-hydrogen) atoms. The highest BCUT2D eigenvalue weighted by atomic mass is 35.5. The predicted molar refractivity (Wildman–Crippen MR) is 91.5 cm³/mol. The zero-order valence-electron chi connectivity index (χ0n) is 14.1. The molecule has 130 valence electrons. The molecule has 0 saturated carbocycles. The Morgan fingerprint density at radius 1 is 1.36 bits per heavy atom. The molecule has 1 unspecified atom stereocenters. The van der Waals surface area contributed by atoms with Gasteiger partial charge in [-0.25, -0.2) is 0 Å². The molecule has 0 aromatic rings. The van der Waals surface area contributed by atoms with Gasteiger partial charge in [0.05, 0.1) is 13.2 Å². The van der Waals surface area contributed by atoms with Crippen LogP contribution < -0.4 is 10.6 Å². The first-order valence-electron chi connectivity index (χ1n) is 8.40. The molecule has 5 nitrogen and oxygen atoms in total. The monoisotopic (exact) mass is 333 g/mol. The molecule has 3 atom stereocenters. The Morgan fingerprint density at radius 3 is 2.64 bits per heavy atom. The lowest BCUT2D eigenvalue weighted by Crippen LogP contribution is -2.52. The van der Waals surface area contributed by atoms with Crippen LogP contribution in [0.2, 0.25) is 0 Å². The Hall–Kier alpha value is -0.360. The van der Waals surface area contributed by atoms with E-state index in [0.29, 0.717) is 18.0 Å². The molecule has 0 aromatic carbocycles. The zero-order valence-corrected chi connectivity index (χ0v) is 15.0. The lowest BCUT2D eigenvalue weighted by molar-refractivity contribution is -0.126. The first kappa shape index (κ1) is 19.7. The van der Waals surface area contributed by atoms with Gasteiger partial charge < -0.3 is 15.4 Å². The summed E-state index contributed by atoms with van der Waals surface area (Å²) in [6.45, 7) is 11.9. The van der Waals surface area contributed by atoms with Crippen molar-refractivity contribution in [3.8, 4) is 0 Å². The molecule has 0 radical (unpaired) electrons. The second kappa shape index (κ2) is 9.71. The SMILES string of the molecule is CC(C)C(CNC(=O)[C@H]1CCN[C@@H](C)C1)N1CCOCC1.Cl. The van der Waals surface area contributed by atoms with Crippen LogP contribution in [0.25, 0.3) is 0 Å². The summed E-state index contributed by atoms with van der Waals surface area (Å²) in [6.07, 6.45) is 1.91. The first-order valence-corrected chi connectivity index (χ1v) is 8.40. The van der Waals surface area contributed by atoms with Crippen molar-refractivity contribution in [2.24, 2.45) is 11.8 Å². The summed E-state index contributed by atoms with van der Waals surface area (Å²) in [5.41, 5.74) is 0. The maximum atomic E-state index is 12.4. The molecule has 2 heterocycles. The van der Waals surface area contributed by atoms with Gasteiger partial charge in [-0.3, -0.25) is 9.69 Å². The third kappa shape index (κ3) is 5.69. The van der Waals surface area contributed by atoms with Crippen LogP contribution in [-0.2, 0) is 9.53 Å². The molecular weight excluding hydrogens is 302 g/mol. The summed E-state index contributed by atoms with van der Waals surface area (Å²) in [5, 5.41) is 6.60. The van der Waals surface area contributed by atoms with E-state index in [9.17, 15) is 4.79 Å². The van der Waals surface area contributed by atoms with Crippen LogP contribution in [-0.4, -0.2) is 62.3 Å². The van der Waals surface area contributed by atoms with Crippen molar-refractivity contribution in [2.75, 3.05) is 39.4 Å². The number of hydrogen-bond donors (Lipinski definition) is 2. The van der Waals surface area contributed by atoms with Crippen LogP contribution in [0, 0.1) is 11.8 Å². The molecule has 0 spiro atoms. The lowest BCUT2D eigenvalue weighted by Gasteiger charge is -2.37. The molecule has 2 N–H and O–H groups in total. The van der Waals surface area contributed by atoms with Crippen LogP contribution in [0.1, 0.15) is 33.6 Å².